The van der Waals surface area contributed by atoms with Crippen molar-refractivity contribution in [2.45, 2.75) is 44.8 Å². The minimum atomic E-state index is -0.339. The molecule has 190 valence electrons. The third kappa shape index (κ3) is 5.91. The SMILES string of the molecule is CC1CN(c2ccc(NC(=O)CN3CCCC(c4nc(-c5cccc(F)c5)no4)C3)cc2)CC(C)O1. The average molecular weight is 494 g/mol. The number of aromatic nitrogens is 2. The molecule has 2 fully saturated rings. The first kappa shape index (κ1) is 24.4. The number of benzene rings is 2. The lowest BCUT2D eigenvalue weighted by Gasteiger charge is -2.36. The maximum atomic E-state index is 13.5. The molecule has 1 N–H and O–H groups in total. The molecule has 2 aliphatic heterocycles. The van der Waals surface area contributed by atoms with Gasteiger partial charge in [-0.25, -0.2) is 4.39 Å². The van der Waals surface area contributed by atoms with Gasteiger partial charge in [-0.15, -0.1) is 0 Å². The summed E-state index contributed by atoms with van der Waals surface area (Å²) in [4.78, 5) is 21.7. The number of amides is 1. The normalized spacial score (nSPS) is 23.0. The Kier molecular flexibility index (Phi) is 7.29. The molecular formula is C27H32FN5O3. The topological polar surface area (TPSA) is 83.7 Å². The Hall–Kier alpha value is -3.30. The highest BCUT2D eigenvalue weighted by atomic mass is 19.1. The third-order valence-corrected chi connectivity index (χ3v) is 6.68. The van der Waals surface area contributed by atoms with E-state index < -0.39 is 0 Å². The predicted molar refractivity (Wildman–Crippen MR) is 135 cm³/mol. The van der Waals surface area contributed by atoms with E-state index in [-0.39, 0.29) is 29.9 Å². The number of morpholine rings is 1. The fraction of sp³-hybridized carbons (Fsp3) is 0.444. The first-order chi connectivity index (χ1) is 17.4. The number of rotatable bonds is 6. The molecule has 0 aliphatic carbocycles. The summed E-state index contributed by atoms with van der Waals surface area (Å²) < 4.78 is 24.9. The van der Waals surface area contributed by atoms with E-state index in [0.29, 0.717) is 30.4 Å². The first-order valence-corrected chi connectivity index (χ1v) is 12.5. The van der Waals surface area contributed by atoms with Gasteiger partial charge in [0.2, 0.25) is 17.6 Å². The zero-order valence-electron chi connectivity index (χ0n) is 20.7. The molecule has 5 rings (SSSR count). The molecule has 1 aromatic heterocycles. The fourth-order valence-corrected chi connectivity index (χ4v) is 5.09. The van der Waals surface area contributed by atoms with Crippen LogP contribution in [0.2, 0.25) is 0 Å². The second kappa shape index (κ2) is 10.8. The number of piperidine rings is 1. The van der Waals surface area contributed by atoms with E-state index >= 15 is 0 Å². The van der Waals surface area contributed by atoms with Crippen molar-refractivity contribution in [1.82, 2.24) is 15.0 Å². The molecule has 3 heterocycles. The van der Waals surface area contributed by atoms with Crippen LogP contribution in [-0.2, 0) is 9.53 Å². The Morgan fingerprint density at radius 2 is 1.89 bits per heavy atom. The van der Waals surface area contributed by atoms with E-state index in [1.54, 1.807) is 12.1 Å². The maximum absolute atomic E-state index is 13.5. The van der Waals surface area contributed by atoms with Crippen LogP contribution < -0.4 is 10.2 Å². The van der Waals surface area contributed by atoms with Crippen molar-refractivity contribution in [3.8, 4) is 11.4 Å². The number of carbonyl (C=O) groups excluding carboxylic acids is 1. The zero-order chi connectivity index (χ0) is 25.1. The number of hydrogen-bond acceptors (Lipinski definition) is 7. The molecule has 3 aromatic rings. The Morgan fingerprint density at radius 3 is 2.64 bits per heavy atom. The quantitative estimate of drug-likeness (QED) is 0.548. The Bertz CT molecular complexity index is 1170. The molecule has 9 heteroatoms. The van der Waals surface area contributed by atoms with Gasteiger partial charge in [-0.2, -0.15) is 4.98 Å². The number of halogens is 1. The van der Waals surface area contributed by atoms with Crippen molar-refractivity contribution in [3.63, 3.8) is 0 Å². The highest BCUT2D eigenvalue weighted by Gasteiger charge is 2.27. The van der Waals surface area contributed by atoms with Gasteiger partial charge in [0.15, 0.2) is 0 Å². The molecule has 1 amide bonds. The molecule has 3 unspecified atom stereocenters. The summed E-state index contributed by atoms with van der Waals surface area (Å²) in [5, 5.41) is 7.04. The molecule has 2 aliphatic rings. The van der Waals surface area contributed by atoms with Crippen LogP contribution in [-0.4, -0.2) is 65.9 Å². The Balaban J connectivity index is 1.15. The predicted octanol–water partition coefficient (Wildman–Crippen LogP) is 4.31. The van der Waals surface area contributed by atoms with Gasteiger partial charge < -0.3 is 19.5 Å². The second-order valence-corrected chi connectivity index (χ2v) is 9.80. The molecule has 3 atom stereocenters. The summed E-state index contributed by atoms with van der Waals surface area (Å²) in [5.74, 6) is 0.557. The van der Waals surface area contributed by atoms with Crippen LogP contribution in [0.15, 0.2) is 53.1 Å². The number of carbonyl (C=O) groups is 1. The van der Waals surface area contributed by atoms with Crippen molar-refractivity contribution in [2.24, 2.45) is 0 Å². The van der Waals surface area contributed by atoms with Crippen LogP contribution in [0, 0.1) is 5.82 Å². The van der Waals surface area contributed by atoms with Gasteiger partial charge in [0.05, 0.1) is 24.7 Å². The summed E-state index contributed by atoms with van der Waals surface area (Å²) in [5.41, 5.74) is 2.50. The lowest BCUT2D eigenvalue weighted by molar-refractivity contribution is -0.117. The lowest BCUT2D eigenvalue weighted by Crippen LogP contribution is -2.45. The van der Waals surface area contributed by atoms with E-state index in [1.165, 1.54) is 12.1 Å². The maximum Gasteiger partial charge on any atom is 0.238 e. The van der Waals surface area contributed by atoms with Gasteiger partial charge in [-0.05, 0) is 69.6 Å². The lowest BCUT2D eigenvalue weighted by atomic mass is 9.98. The second-order valence-electron chi connectivity index (χ2n) is 9.80. The molecule has 2 saturated heterocycles. The van der Waals surface area contributed by atoms with Crippen molar-refractivity contribution >= 4 is 17.3 Å². The Morgan fingerprint density at radius 1 is 1.11 bits per heavy atom. The van der Waals surface area contributed by atoms with Crippen molar-refractivity contribution in [3.05, 3.63) is 60.2 Å². The van der Waals surface area contributed by atoms with E-state index in [9.17, 15) is 9.18 Å². The fourth-order valence-electron chi connectivity index (χ4n) is 5.09. The highest BCUT2D eigenvalue weighted by molar-refractivity contribution is 5.92. The third-order valence-electron chi connectivity index (χ3n) is 6.68. The van der Waals surface area contributed by atoms with Crippen molar-refractivity contribution < 1.29 is 18.4 Å². The molecule has 8 nitrogen and oxygen atoms in total. The number of nitrogens with zero attached hydrogens (tertiary/aromatic N) is 4. The van der Waals surface area contributed by atoms with Gasteiger partial charge in [-0.3, -0.25) is 9.69 Å². The van der Waals surface area contributed by atoms with Crippen LogP contribution in [0.5, 0.6) is 0 Å². The van der Waals surface area contributed by atoms with E-state index in [2.05, 4.69) is 39.1 Å². The molecule has 2 aromatic carbocycles. The smallest absolute Gasteiger partial charge is 0.238 e. The number of ether oxygens (including phenoxy) is 1. The summed E-state index contributed by atoms with van der Waals surface area (Å²) >= 11 is 0. The summed E-state index contributed by atoms with van der Waals surface area (Å²) in [6, 6.07) is 14.1. The number of anilines is 2. The summed E-state index contributed by atoms with van der Waals surface area (Å²) in [6.07, 6.45) is 2.23. The van der Waals surface area contributed by atoms with Crippen LogP contribution in [0.1, 0.15) is 38.5 Å². The Labute approximate surface area is 210 Å². The molecule has 0 spiro atoms. The average Bonchev–Trinajstić information content (AvgIpc) is 3.35. The van der Waals surface area contributed by atoms with Crippen LogP contribution in [0.3, 0.4) is 0 Å². The highest BCUT2D eigenvalue weighted by Crippen LogP contribution is 2.28. The standard InChI is InChI=1S/C27H32FN5O3/c1-18-14-33(15-19(2)35-18)24-10-8-23(9-11-24)29-25(34)17-32-12-4-6-21(16-32)27-30-26(31-36-27)20-5-3-7-22(28)13-20/h3,5,7-11,13,18-19,21H,4,6,12,14-17H2,1-2H3,(H,29,34). The number of likely N-dealkylation sites (tertiary alicyclic amines) is 1. The number of nitrogens with one attached hydrogen (secondary N) is 1. The van der Waals surface area contributed by atoms with E-state index in [1.807, 2.05) is 24.3 Å². The van der Waals surface area contributed by atoms with Crippen LogP contribution >= 0.6 is 0 Å². The minimum Gasteiger partial charge on any atom is -0.372 e. The van der Waals surface area contributed by atoms with Gasteiger partial charge in [-0.1, -0.05) is 17.3 Å². The van der Waals surface area contributed by atoms with Crippen LogP contribution in [0.4, 0.5) is 15.8 Å². The van der Waals surface area contributed by atoms with Crippen molar-refractivity contribution in [1.29, 1.82) is 0 Å². The van der Waals surface area contributed by atoms with E-state index in [0.717, 1.165) is 43.9 Å². The van der Waals surface area contributed by atoms with Gasteiger partial charge in [0.1, 0.15) is 5.82 Å². The molecule has 36 heavy (non-hydrogen) atoms. The summed E-state index contributed by atoms with van der Waals surface area (Å²) in [7, 11) is 0. The van der Waals surface area contributed by atoms with Gasteiger partial charge >= 0.3 is 0 Å². The molecule has 0 bridgehead atoms. The summed E-state index contributed by atoms with van der Waals surface area (Å²) in [6.45, 7) is 7.67. The number of hydrogen-bond donors (Lipinski definition) is 1. The van der Waals surface area contributed by atoms with Crippen molar-refractivity contribution in [2.75, 3.05) is 42.9 Å². The largest absolute Gasteiger partial charge is 0.372 e. The molecule has 0 saturated carbocycles. The molecule has 0 radical (unpaired) electrons. The van der Waals surface area contributed by atoms with Crippen LogP contribution in [0.25, 0.3) is 11.4 Å². The van der Waals surface area contributed by atoms with Gasteiger partial charge in [0.25, 0.3) is 0 Å². The monoisotopic (exact) mass is 493 g/mol. The zero-order valence-corrected chi connectivity index (χ0v) is 20.7. The first-order valence-electron chi connectivity index (χ1n) is 12.5. The van der Waals surface area contributed by atoms with E-state index in [4.69, 9.17) is 9.26 Å². The molecular weight excluding hydrogens is 461 g/mol. The van der Waals surface area contributed by atoms with Gasteiger partial charge in [0, 0.05) is 36.6 Å². The minimum absolute atomic E-state index is 0.0407.